The van der Waals surface area contributed by atoms with Crippen LogP contribution in [-0.4, -0.2) is 67.7 Å². The second kappa shape index (κ2) is 6.62. The molecular weight excluding hydrogens is 292 g/mol. The molecule has 2 unspecified atom stereocenters. The Hall–Kier alpha value is -0.660. The number of rotatable bonds is 5. The largest absolute Gasteiger partial charge is 0.481 e. The van der Waals surface area contributed by atoms with Crippen molar-refractivity contribution < 1.29 is 18.3 Å². The Labute approximate surface area is 127 Å². The van der Waals surface area contributed by atoms with Gasteiger partial charge in [-0.25, -0.2) is 12.7 Å². The van der Waals surface area contributed by atoms with Crippen LogP contribution < -0.4 is 0 Å². The lowest BCUT2D eigenvalue weighted by atomic mass is 9.98. The van der Waals surface area contributed by atoms with E-state index in [9.17, 15) is 18.3 Å². The smallest absolute Gasteiger partial charge is 0.307 e. The third-order valence-electron chi connectivity index (χ3n) is 4.71. The normalized spacial score (nSPS) is 29.1. The number of hydrogen-bond acceptors (Lipinski definition) is 4. The molecule has 2 atom stereocenters. The summed E-state index contributed by atoms with van der Waals surface area (Å²) < 4.78 is 26.9. The molecule has 0 bridgehead atoms. The van der Waals surface area contributed by atoms with Crippen molar-refractivity contribution in [3.05, 3.63) is 0 Å². The predicted molar refractivity (Wildman–Crippen MR) is 80.5 cm³/mol. The molecule has 1 saturated carbocycles. The van der Waals surface area contributed by atoms with Gasteiger partial charge in [-0.05, 0) is 45.7 Å². The van der Waals surface area contributed by atoms with Gasteiger partial charge in [0.1, 0.15) is 0 Å². The van der Waals surface area contributed by atoms with Crippen molar-refractivity contribution in [1.82, 2.24) is 9.21 Å². The summed E-state index contributed by atoms with van der Waals surface area (Å²) in [4.78, 5) is 13.4. The van der Waals surface area contributed by atoms with Gasteiger partial charge in [0.2, 0.25) is 10.0 Å². The number of nitrogens with zero attached hydrogens (tertiary/aromatic N) is 2. The van der Waals surface area contributed by atoms with E-state index in [0.717, 1.165) is 19.4 Å². The third-order valence-corrected chi connectivity index (χ3v) is 7.12. The Morgan fingerprint density at radius 2 is 1.81 bits per heavy atom. The number of carboxylic acid groups (broad SMARTS) is 1. The van der Waals surface area contributed by atoms with Gasteiger partial charge in [0.05, 0.1) is 11.2 Å². The lowest BCUT2D eigenvalue weighted by molar-refractivity contribution is -0.141. The average molecular weight is 318 g/mol. The summed E-state index contributed by atoms with van der Waals surface area (Å²) in [6.07, 6.45) is 3.38. The van der Waals surface area contributed by atoms with Crippen LogP contribution in [0.5, 0.6) is 0 Å². The maximum Gasteiger partial charge on any atom is 0.307 e. The van der Waals surface area contributed by atoms with Crippen LogP contribution in [0.4, 0.5) is 0 Å². The second-order valence-electron chi connectivity index (χ2n) is 6.56. The Morgan fingerprint density at radius 3 is 2.33 bits per heavy atom. The van der Waals surface area contributed by atoms with Crippen LogP contribution >= 0.6 is 0 Å². The predicted octanol–water partition coefficient (Wildman–Crippen LogP) is 0.843. The first-order valence-electron chi connectivity index (χ1n) is 7.69. The summed E-state index contributed by atoms with van der Waals surface area (Å²) in [7, 11) is 0.585. The highest BCUT2D eigenvalue weighted by molar-refractivity contribution is 7.89. The van der Waals surface area contributed by atoms with E-state index in [1.54, 1.807) is 0 Å². The molecule has 1 saturated heterocycles. The molecule has 1 heterocycles. The summed E-state index contributed by atoms with van der Waals surface area (Å²) in [6, 6.07) is 0. The first-order chi connectivity index (χ1) is 9.82. The molecule has 0 spiro atoms. The summed E-state index contributed by atoms with van der Waals surface area (Å²) >= 11 is 0. The molecule has 1 aliphatic heterocycles. The van der Waals surface area contributed by atoms with Crippen molar-refractivity contribution in [3.8, 4) is 0 Å². The second-order valence-corrected chi connectivity index (χ2v) is 8.72. The SMILES string of the molecule is CN(C)CC1CCN(S(=O)(=O)C2CCCC2C(=O)O)CC1. The van der Waals surface area contributed by atoms with E-state index in [2.05, 4.69) is 4.90 Å². The molecular formula is C14H26N2O4S. The van der Waals surface area contributed by atoms with Gasteiger partial charge in [0.15, 0.2) is 0 Å². The summed E-state index contributed by atoms with van der Waals surface area (Å²) in [5.74, 6) is -1.16. The fourth-order valence-corrected chi connectivity index (χ4v) is 5.85. The van der Waals surface area contributed by atoms with E-state index in [0.29, 0.717) is 38.3 Å². The number of piperidine rings is 1. The van der Waals surface area contributed by atoms with Crippen LogP contribution in [-0.2, 0) is 14.8 Å². The first-order valence-corrected chi connectivity index (χ1v) is 9.19. The van der Waals surface area contributed by atoms with Gasteiger partial charge < -0.3 is 10.0 Å². The third kappa shape index (κ3) is 3.76. The van der Waals surface area contributed by atoms with Crippen molar-refractivity contribution in [2.24, 2.45) is 11.8 Å². The molecule has 0 aromatic carbocycles. The maximum atomic E-state index is 12.7. The van der Waals surface area contributed by atoms with Crippen molar-refractivity contribution in [1.29, 1.82) is 0 Å². The standard InChI is InChI=1S/C14H26N2O4S/c1-15(2)10-11-6-8-16(9-7-11)21(19,20)13-5-3-4-12(13)14(17)18/h11-13H,3-10H2,1-2H3,(H,17,18). The summed E-state index contributed by atoms with van der Waals surface area (Å²) in [5, 5.41) is 8.48. The zero-order chi connectivity index (χ0) is 15.6. The van der Waals surface area contributed by atoms with Crippen LogP contribution in [0.1, 0.15) is 32.1 Å². The molecule has 7 heteroatoms. The topological polar surface area (TPSA) is 77.9 Å². The van der Waals surface area contributed by atoms with Crippen molar-refractivity contribution in [2.75, 3.05) is 33.7 Å². The van der Waals surface area contributed by atoms with E-state index in [-0.39, 0.29) is 0 Å². The molecule has 2 aliphatic rings. The zero-order valence-corrected chi connectivity index (χ0v) is 13.7. The Morgan fingerprint density at radius 1 is 1.19 bits per heavy atom. The molecule has 0 aromatic heterocycles. The summed E-state index contributed by atoms with van der Waals surface area (Å²) in [5.41, 5.74) is 0. The van der Waals surface area contributed by atoms with E-state index in [4.69, 9.17) is 0 Å². The zero-order valence-electron chi connectivity index (χ0n) is 12.9. The maximum absolute atomic E-state index is 12.7. The molecule has 6 nitrogen and oxygen atoms in total. The minimum atomic E-state index is -3.47. The molecule has 122 valence electrons. The number of carboxylic acids is 1. The molecule has 21 heavy (non-hydrogen) atoms. The van der Waals surface area contributed by atoms with Gasteiger partial charge in [0.25, 0.3) is 0 Å². The van der Waals surface area contributed by atoms with E-state index in [1.165, 1.54) is 4.31 Å². The van der Waals surface area contributed by atoms with Crippen LogP contribution in [0.2, 0.25) is 0 Å². The van der Waals surface area contributed by atoms with Crippen LogP contribution in [0.15, 0.2) is 0 Å². The number of aliphatic carboxylic acids is 1. The van der Waals surface area contributed by atoms with Crippen LogP contribution in [0.25, 0.3) is 0 Å². The van der Waals surface area contributed by atoms with E-state index < -0.39 is 27.2 Å². The van der Waals surface area contributed by atoms with Crippen molar-refractivity contribution in [2.45, 2.75) is 37.4 Å². The summed E-state index contributed by atoms with van der Waals surface area (Å²) in [6.45, 7) is 2.04. The monoisotopic (exact) mass is 318 g/mol. The lowest BCUT2D eigenvalue weighted by Gasteiger charge is -2.34. The Balaban J connectivity index is 2.00. The highest BCUT2D eigenvalue weighted by Crippen LogP contribution is 2.34. The fraction of sp³-hybridized carbons (Fsp3) is 0.929. The first kappa shape index (κ1) is 16.7. The fourth-order valence-electron chi connectivity index (χ4n) is 3.62. The highest BCUT2D eigenvalue weighted by Gasteiger charge is 2.44. The average Bonchev–Trinajstić information content (AvgIpc) is 2.88. The molecule has 1 N–H and O–H groups in total. The van der Waals surface area contributed by atoms with Crippen molar-refractivity contribution >= 4 is 16.0 Å². The van der Waals surface area contributed by atoms with Crippen molar-refractivity contribution in [3.63, 3.8) is 0 Å². The van der Waals surface area contributed by atoms with Gasteiger partial charge >= 0.3 is 5.97 Å². The van der Waals surface area contributed by atoms with Gasteiger partial charge in [-0.3, -0.25) is 4.79 Å². The van der Waals surface area contributed by atoms with E-state index >= 15 is 0 Å². The molecule has 2 fully saturated rings. The van der Waals surface area contributed by atoms with E-state index in [1.807, 2.05) is 14.1 Å². The Kier molecular flexibility index (Phi) is 5.27. The van der Waals surface area contributed by atoms with Gasteiger partial charge in [-0.2, -0.15) is 0 Å². The van der Waals surface area contributed by atoms with Gasteiger partial charge in [0, 0.05) is 19.6 Å². The molecule has 1 aliphatic carbocycles. The minimum absolute atomic E-state index is 0.482. The lowest BCUT2D eigenvalue weighted by Crippen LogP contribution is -2.46. The molecule has 0 radical (unpaired) electrons. The van der Waals surface area contributed by atoms with Crippen LogP contribution in [0, 0.1) is 11.8 Å². The molecule has 2 rings (SSSR count). The van der Waals surface area contributed by atoms with Gasteiger partial charge in [-0.1, -0.05) is 6.42 Å². The molecule has 0 aromatic rings. The quantitative estimate of drug-likeness (QED) is 0.813. The highest BCUT2D eigenvalue weighted by atomic mass is 32.2. The van der Waals surface area contributed by atoms with Gasteiger partial charge in [-0.15, -0.1) is 0 Å². The number of sulfonamides is 1. The number of carbonyl (C=O) groups is 1. The number of hydrogen-bond donors (Lipinski definition) is 1. The Bertz CT molecular complexity index is 469. The van der Waals surface area contributed by atoms with Crippen LogP contribution in [0.3, 0.4) is 0 Å². The molecule has 0 amide bonds. The minimum Gasteiger partial charge on any atom is -0.481 e.